The van der Waals surface area contributed by atoms with Crippen LogP contribution in [0.3, 0.4) is 0 Å². The highest BCUT2D eigenvalue weighted by molar-refractivity contribution is 7.87. The summed E-state index contributed by atoms with van der Waals surface area (Å²) in [5.74, 6) is 0.945. The molecule has 0 amide bonds. The van der Waals surface area contributed by atoms with Crippen molar-refractivity contribution in [3.63, 3.8) is 0 Å². The molecule has 0 aliphatic carbocycles. The predicted molar refractivity (Wildman–Crippen MR) is 93.6 cm³/mol. The maximum atomic E-state index is 12.2. The topological polar surface area (TPSA) is 65.5 Å². The lowest BCUT2D eigenvalue weighted by atomic mass is 10.1. The van der Waals surface area contributed by atoms with Gasteiger partial charge in [0.15, 0.2) is 0 Å². The molecule has 2 rings (SSSR count). The van der Waals surface area contributed by atoms with Crippen LogP contribution in [0.2, 0.25) is 0 Å². The zero-order valence-corrected chi connectivity index (χ0v) is 15.0. The quantitative estimate of drug-likeness (QED) is 0.787. The molecule has 1 N–H and O–H groups in total. The van der Waals surface area contributed by atoms with E-state index in [9.17, 15) is 8.42 Å². The highest BCUT2D eigenvalue weighted by Gasteiger charge is 2.17. The third kappa shape index (κ3) is 5.44. The number of hydrogen-bond donors (Lipinski definition) is 1. The minimum absolute atomic E-state index is 0.294. The van der Waals surface area contributed by atoms with Gasteiger partial charge in [0, 0.05) is 39.4 Å². The Morgan fingerprint density at radius 1 is 1.30 bits per heavy atom. The first-order valence-electron chi connectivity index (χ1n) is 8.43. The van der Waals surface area contributed by atoms with E-state index < -0.39 is 10.2 Å². The number of hydrogen-bond acceptors (Lipinski definition) is 4. The van der Waals surface area contributed by atoms with Crippen LogP contribution >= 0.6 is 0 Å². The lowest BCUT2D eigenvalue weighted by Crippen LogP contribution is -2.38. The fourth-order valence-electron chi connectivity index (χ4n) is 2.65. The van der Waals surface area contributed by atoms with Gasteiger partial charge in [-0.15, -0.1) is 0 Å². The Kier molecular flexibility index (Phi) is 6.80. The second-order valence-corrected chi connectivity index (χ2v) is 7.93. The lowest BCUT2D eigenvalue weighted by Gasteiger charge is -2.28. The molecule has 1 aromatic rings. The average Bonchev–Trinajstić information content (AvgIpc) is 2.59. The summed E-state index contributed by atoms with van der Waals surface area (Å²) >= 11 is 0. The van der Waals surface area contributed by atoms with Crippen molar-refractivity contribution in [3.05, 3.63) is 23.9 Å². The van der Waals surface area contributed by atoms with Crippen LogP contribution in [-0.2, 0) is 16.8 Å². The van der Waals surface area contributed by atoms with Crippen molar-refractivity contribution >= 4 is 16.0 Å². The summed E-state index contributed by atoms with van der Waals surface area (Å²) in [7, 11) is -1.80. The maximum absolute atomic E-state index is 12.2. The molecule has 2 heterocycles. The SMILES string of the molecule is CCCCN(C)S(=O)(=O)NCc1ccnc(N2CCCCC2)c1. The van der Waals surface area contributed by atoms with E-state index in [0.717, 1.165) is 37.3 Å². The van der Waals surface area contributed by atoms with Crippen molar-refractivity contribution in [2.45, 2.75) is 45.6 Å². The molecule has 7 heteroatoms. The zero-order valence-electron chi connectivity index (χ0n) is 14.2. The molecule has 0 saturated carbocycles. The number of piperidine rings is 1. The number of aromatic nitrogens is 1. The summed E-state index contributed by atoms with van der Waals surface area (Å²) in [5, 5.41) is 0. The average molecular weight is 340 g/mol. The summed E-state index contributed by atoms with van der Waals surface area (Å²) in [6.45, 7) is 4.94. The van der Waals surface area contributed by atoms with Gasteiger partial charge >= 0.3 is 0 Å². The van der Waals surface area contributed by atoms with Gasteiger partial charge in [-0.1, -0.05) is 13.3 Å². The molecule has 0 bridgehead atoms. The minimum Gasteiger partial charge on any atom is -0.357 e. The maximum Gasteiger partial charge on any atom is 0.279 e. The van der Waals surface area contributed by atoms with Crippen molar-refractivity contribution < 1.29 is 8.42 Å². The van der Waals surface area contributed by atoms with Gasteiger partial charge in [0.1, 0.15) is 5.82 Å². The highest BCUT2D eigenvalue weighted by atomic mass is 32.2. The molecule has 1 fully saturated rings. The van der Waals surface area contributed by atoms with Crippen LogP contribution in [0.25, 0.3) is 0 Å². The molecular weight excluding hydrogens is 312 g/mol. The zero-order chi connectivity index (χ0) is 16.7. The van der Waals surface area contributed by atoms with Gasteiger partial charge in [-0.3, -0.25) is 0 Å². The van der Waals surface area contributed by atoms with E-state index in [0.29, 0.717) is 13.1 Å². The van der Waals surface area contributed by atoms with Crippen LogP contribution in [0.15, 0.2) is 18.3 Å². The van der Waals surface area contributed by atoms with Crippen molar-refractivity contribution in [1.82, 2.24) is 14.0 Å². The number of anilines is 1. The van der Waals surface area contributed by atoms with Gasteiger partial charge in [0.25, 0.3) is 10.2 Å². The smallest absolute Gasteiger partial charge is 0.279 e. The van der Waals surface area contributed by atoms with Gasteiger partial charge in [0.2, 0.25) is 0 Å². The van der Waals surface area contributed by atoms with E-state index in [4.69, 9.17) is 0 Å². The normalized spacial score (nSPS) is 16.0. The molecule has 1 saturated heterocycles. The van der Waals surface area contributed by atoms with Crippen LogP contribution in [0.4, 0.5) is 5.82 Å². The van der Waals surface area contributed by atoms with E-state index in [1.54, 1.807) is 13.2 Å². The molecule has 0 unspecified atom stereocenters. The predicted octanol–water partition coefficient (Wildman–Crippen LogP) is 2.14. The van der Waals surface area contributed by atoms with E-state index >= 15 is 0 Å². The number of nitrogens with zero attached hydrogens (tertiary/aromatic N) is 3. The molecular formula is C16H28N4O2S. The molecule has 1 aliphatic heterocycles. The molecule has 1 aromatic heterocycles. The number of nitrogens with one attached hydrogen (secondary N) is 1. The van der Waals surface area contributed by atoms with E-state index in [1.165, 1.54) is 23.6 Å². The summed E-state index contributed by atoms with van der Waals surface area (Å²) < 4.78 is 28.4. The standard InChI is InChI=1S/C16H28N4O2S/c1-3-4-10-19(2)23(21,22)18-14-15-8-9-17-16(13-15)20-11-6-5-7-12-20/h8-9,13,18H,3-7,10-12,14H2,1-2H3. The highest BCUT2D eigenvalue weighted by Crippen LogP contribution is 2.18. The summed E-state index contributed by atoms with van der Waals surface area (Å²) in [5.41, 5.74) is 0.938. The molecule has 1 aliphatic rings. The van der Waals surface area contributed by atoms with Crippen LogP contribution in [0, 0.1) is 0 Å². The molecule has 23 heavy (non-hydrogen) atoms. The second kappa shape index (κ2) is 8.61. The first-order chi connectivity index (χ1) is 11.0. The fraction of sp³-hybridized carbons (Fsp3) is 0.688. The Labute approximate surface area is 140 Å². The van der Waals surface area contributed by atoms with Gasteiger partial charge in [0.05, 0.1) is 0 Å². The first kappa shape index (κ1) is 18.2. The molecule has 130 valence electrons. The second-order valence-electron chi connectivity index (χ2n) is 6.07. The van der Waals surface area contributed by atoms with Crippen LogP contribution in [0.1, 0.15) is 44.6 Å². The number of pyridine rings is 1. The summed E-state index contributed by atoms with van der Waals surface area (Å²) in [6.07, 6.45) is 7.27. The summed E-state index contributed by atoms with van der Waals surface area (Å²) in [6, 6.07) is 3.85. The third-order valence-electron chi connectivity index (χ3n) is 4.19. The van der Waals surface area contributed by atoms with Crippen molar-refractivity contribution in [3.8, 4) is 0 Å². The fourth-order valence-corrected chi connectivity index (χ4v) is 3.59. The van der Waals surface area contributed by atoms with E-state index in [-0.39, 0.29) is 0 Å². The molecule has 6 nitrogen and oxygen atoms in total. The van der Waals surface area contributed by atoms with Gasteiger partial charge in [-0.25, -0.2) is 4.98 Å². The van der Waals surface area contributed by atoms with Gasteiger partial charge in [-0.05, 0) is 43.4 Å². The largest absolute Gasteiger partial charge is 0.357 e. The molecule has 0 atom stereocenters. The lowest BCUT2D eigenvalue weighted by molar-refractivity contribution is 0.448. The third-order valence-corrected chi connectivity index (χ3v) is 5.70. The van der Waals surface area contributed by atoms with Crippen molar-refractivity contribution in [1.29, 1.82) is 0 Å². The first-order valence-corrected chi connectivity index (χ1v) is 9.87. The van der Waals surface area contributed by atoms with Crippen LogP contribution < -0.4 is 9.62 Å². The molecule has 0 spiro atoms. The number of unbranched alkanes of at least 4 members (excludes halogenated alkanes) is 1. The van der Waals surface area contributed by atoms with Crippen molar-refractivity contribution in [2.75, 3.05) is 31.6 Å². The Hall–Kier alpha value is -1.18. The van der Waals surface area contributed by atoms with E-state index in [2.05, 4.69) is 14.6 Å². The van der Waals surface area contributed by atoms with Crippen LogP contribution in [-0.4, -0.2) is 44.4 Å². The Bertz CT molecular complexity index is 585. The summed E-state index contributed by atoms with van der Waals surface area (Å²) in [4.78, 5) is 6.69. The minimum atomic E-state index is -3.42. The van der Waals surface area contributed by atoms with Crippen molar-refractivity contribution in [2.24, 2.45) is 0 Å². The Morgan fingerprint density at radius 2 is 2.04 bits per heavy atom. The molecule has 0 radical (unpaired) electrons. The molecule has 0 aromatic carbocycles. The number of rotatable bonds is 8. The Balaban J connectivity index is 1.95. The Morgan fingerprint density at radius 3 is 2.74 bits per heavy atom. The van der Waals surface area contributed by atoms with Gasteiger partial charge < -0.3 is 4.90 Å². The van der Waals surface area contributed by atoms with Crippen LogP contribution in [0.5, 0.6) is 0 Å². The van der Waals surface area contributed by atoms with E-state index in [1.807, 2.05) is 19.1 Å². The van der Waals surface area contributed by atoms with Gasteiger partial charge in [-0.2, -0.15) is 17.4 Å². The monoisotopic (exact) mass is 340 g/mol.